The van der Waals surface area contributed by atoms with Crippen molar-refractivity contribution in [3.8, 4) is 0 Å². The van der Waals surface area contributed by atoms with Crippen LogP contribution in [0.4, 0.5) is 0 Å². The van der Waals surface area contributed by atoms with Crippen LogP contribution in [0.25, 0.3) is 0 Å². The molecular weight excluding hydrogens is 256 g/mol. The van der Waals surface area contributed by atoms with Crippen LogP contribution in [0.1, 0.15) is 29.5 Å². The van der Waals surface area contributed by atoms with Gasteiger partial charge in [0.05, 0.1) is 0 Å². The molecule has 0 saturated carbocycles. The maximum absolute atomic E-state index is 3.32. The highest BCUT2D eigenvalue weighted by molar-refractivity contribution is 5.85. The number of piperidine rings is 1. The van der Waals surface area contributed by atoms with Crippen molar-refractivity contribution >= 4 is 12.4 Å². The van der Waals surface area contributed by atoms with E-state index in [0.717, 1.165) is 19.0 Å². The van der Waals surface area contributed by atoms with Crippen LogP contribution in [0.5, 0.6) is 0 Å². The first-order valence-corrected chi connectivity index (χ1v) is 7.12. The van der Waals surface area contributed by atoms with Crippen molar-refractivity contribution in [3.63, 3.8) is 0 Å². The number of hydrogen-bond donors (Lipinski definition) is 1. The number of hydrogen-bond acceptors (Lipinski definition) is 2. The number of rotatable bonds is 4. The summed E-state index contributed by atoms with van der Waals surface area (Å²) in [5, 5.41) is 3.32. The van der Waals surface area contributed by atoms with Gasteiger partial charge in [-0.2, -0.15) is 0 Å². The maximum atomic E-state index is 3.32. The van der Waals surface area contributed by atoms with E-state index >= 15 is 0 Å². The number of nitrogens with zero attached hydrogens (tertiary/aromatic N) is 1. The van der Waals surface area contributed by atoms with Gasteiger partial charge in [0.2, 0.25) is 0 Å². The lowest BCUT2D eigenvalue weighted by molar-refractivity contribution is 0.166. The topological polar surface area (TPSA) is 15.3 Å². The zero-order chi connectivity index (χ0) is 13.0. The number of benzene rings is 1. The van der Waals surface area contributed by atoms with Gasteiger partial charge >= 0.3 is 0 Å². The van der Waals surface area contributed by atoms with E-state index in [9.17, 15) is 0 Å². The van der Waals surface area contributed by atoms with Crippen molar-refractivity contribution in [2.75, 3.05) is 26.7 Å². The largest absolute Gasteiger partial charge is 0.319 e. The quantitative estimate of drug-likeness (QED) is 0.913. The van der Waals surface area contributed by atoms with Gasteiger partial charge in [-0.1, -0.05) is 18.2 Å². The predicted octanol–water partition coefficient (Wildman–Crippen LogP) is 3.16. The van der Waals surface area contributed by atoms with Gasteiger partial charge in [0.15, 0.2) is 0 Å². The van der Waals surface area contributed by atoms with E-state index in [1.807, 2.05) is 0 Å². The van der Waals surface area contributed by atoms with Gasteiger partial charge < -0.3 is 5.32 Å². The molecule has 2 nitrogen and oxygen atoms in total. The minimum absolute atomic E-state index is 0. The molecule has 0 bridgehead atoms. The van der Waals surface area contributed by atoms with Crippen LogP contribution in [0.2, 0.25) is 0 Å². The smallest absolute Gasteiger partial charge is 0.0236 e. The molecule has 1 heterocycles. The second-order valence-corrected chi connectivity index (χ2v) is 5.66. The van der Waals surface area contributed by atoms with Gasteiger partial charge in [-0.25, -0.2) is 0 Å². The normalized spacial score (nSPS) is 20.1. The van der Waals surface area contributed by atoms with Crippen LogP contribution in [0.15, 0.2) is 18.2 Å². The zero-order valence-corrected chi connectivity index (χ0v) is 13.2. The predicted molar refractivity (Wildman–Crippen MR) is 85.1 cm³/mol. The van der Waals surface area contributed by atoms with E-state index in [1.165, 1.54) is 42.6 Å². The molecule has 0 amide bonds. The first-order valence-electron chi connectivity index (χ1n) is 7.12. The van der Waals surface area contributed by atoms with Gasteiger partial charge in [-0.3, -0.25) is 4.90 Å². The Morgan fingerprint density at radius 3 is 2.84 bits per heavy atom. The van der Waals surface area contributed by atoms with Crippen molar-refractivity contribution < 1.29 is 0 Å². The van der Waals surface area contributed by atoms with Gasteiger partial charge in [0, 0.05) is 13.1 Å². The van der Waals surface area contributed by atoms with Crippen molar-refractivity contribution in [3.05, 3.63) is 34.9 Å². The number of nitrogens with one attached hydrogen (secondary N) is 1. The summed E-state index contributed by atoms with van der Waals surface area (Å²) in [5.74, 6) is 0.828. The second-order valence-electron chi connectivity index (χ2n) is 5.66. The summed E-state index contributed by atoms with van der Waals surface area (Å²) in [6.07, 6.45) is 2.72. The minimum atomic E-state index is 0. The van der Waals surface area contributed by atoms with Gasteiger partial charge in [-0.15, -0.1) is 12.4 Å². The van der Waals surface area contributed by atoms with Crippen molar-refractivity contribution in [2.45, 2.75) is 33.2 Å². The fourth-order valence-corrected chi connectivity index (χ4v) is 2.97. The van der Waals surface area contributed by atoms with E-state index in [-0.39, 0.29) is 12.4 Å². The molecule has 1 saturated heterocycles. The van der Waals surface area contributed by atoms with E-state index in [0.29, 0.717) is 0 Å². The lowest BCUT2D eigenvalue weighted by Crippen LogP contribution is -2.38. The van der Waals surface area contributed by atoms with Gasteiger partial charge in [0.25, 0.3) is 0 Å². The number of likely N-dealkylation sites (tertiary alicyclic amines) is 1. The van der Waals surface area contributed by atoms with Crippen LogP contribution in [0.3, 0.4) is 0 Å². The number of aryl methyl sites for hydroxylation is 1. The molecule has 1 fully saturated rings. The second kappa shape index (κ2) is 7.88. The molecule has 19 heavy (non-hydrogen) atoms. The summed E-state index contributed by atoms with van der Waals surface area (Å²) in [7, 11) is 2.06. The zero-order valence-electron chi connectivity index (χ0n) is 12.4. The summed E-state index contributed by atoms with van der Waals surface area (Å²) < 4.78 is 0. The molecule has 1 aliphatic rings. The monoisotopic (exact) mass is 282 g/mol. The van der Waals surface area contributed by atoms with Crippen molar-refractivity contribution in [1.29, 1.82) is 0 Å². The molecule has 0 aromatic heterocycles. The molecule has 1 aromatic rings. The Bertz CT molecular complexity index is 390. The highest BCUT2D eigenvalue weighted by Crippen LogP contribution is 2.20. The van der Waals surface area contributed by atoms with Crippen molar-refractivity contribution in [1.82, 2.24) is 10.2 Å². The molecule has 2 rings (SSSR count). The molecule has 0 radical (unpaired) electrons. The van der Waals surface area contributed by atoms with Crippen LogP contribution < -0.4 is 5.32 Å². The van der Waals surface area contributed by atoms with E-state index in [2.05, 4.69) is 49.3 Å². The summed E-state index contributed by atoms with van der Waals surface area (Å²) >= 11 is 0. The average Bonchev–Trinajstić information content (AvgIpc) is 2.36. The molecule has 1 N–H and O–H groups in total. The molecule has 1 unspecified atom stereocenters. The summed E-state index contributed by atoms with van der Waals surface area (Å²) in [6.45, 7) is 9.23. The number of halogens is 1. The third kappa shape index (κ3) is 4.48. The van der Waals surface area contributed by atoms with Crippen molar-refractivity contribution in [2.24, 2.45) is 5.92 Å². The first-order chi connectivity index (χ1) is 8.70. The molecule has 1 aliphatic heterocycles. The molecule has 1 aromatic carbocycles. The summed E-state index contributed by atoms with van der Waals surface area (Å²) in [4.78, 5) is 2.62. The van der Waals surface area contributed by atoms with E-state index in [1.54, 1.807) is 0 Å². The third-order valence-corrected chi connectivity index (χ3v) is 4.21. The Hall–Kier alpha value is -0.570. The average molecular weight is 283 g/mol. The van der Waals surface area contributed by atoms with Gasteiger partial charge in [-0.05, 0) is 69.4 Å². The van der Waals surface area contributed by atoms with Crippen LogP contribution in [0, 0.1) is 19.8 Å². The van der Waals surface area contributed by atoms with Crippen LogP contribution in [-0.4, -0.2) is 31.6 Å². The summed E-state index contributed by atoms with van der Waals surface area (Å²) in [5.41, 5.74) is 4.38. The molecule has 0 spiro atoms. The highest BCUT2D eigenvalue weighted by atomic mass is 35.5. The first kappa shape index (κ1) is 16.5. The molecule has 1 atom stereocenters. The summed E-state index contributed by atoms with van der Waals surface area (Å²) in [6, 6.07) is 6.68. The van der Waals surface area contributed by atoms with Crippen LogP contribution >= 0.6 is 12.4 Å². The molecular formula is C16H27ClN2. The Kier molecular flexibility index (Phi) is 6.84. The Balaban J connectivity index is 0.00000180. The molecule has 0 aliphatic carbocycles. The Morgan fingerprint density at radius 1 is 1.32 bits per heavy atom. The lowest BCUT2D eigenvalue weighted by atomic mass is 9.96. The van der Waals surface area contributed by atoms with Gasteiger partial charge in [0.1, 0.15) is 0 Å². The SMILES string of the molecule is CNCC1CCCN(Cc2cccc(C)c2C)C1.Cl. The molecule has 3 heteroatoms. The highest BCUT2D eigenvalue weighted by Gasteiger charge is 2.19. The fraction of sp³-hybridized carbons (Fsp3) is 0.625. The Labute approximate surface area is 124 Å². The standard InChI is InChI=1S/C16H26N2.ClH/c1-13-6-4-8-16(14(13)2)12-18-9-5-7-15(11-18)10-17-3;/h4,6,8,15,17H,5,7,9-12H2,1-3H3;1H. The molecule has 108 valence electrons. The van der Waals surface area contributed by atoms with Crippen LogP contribution in [-0.2, 0) is 6.54 Å². The fourth-order valence-electron chi connectivity index (χ4n) is 2.97. The Morgan fingerprint density at radius 2 is 2.11 bits per heavy atom. The van der Waals surface area contributed by atoms with E-state index in [4.69, 9.17) is 0 Å². The maximum Gasteiger partial charge on any atom is 0.0236 e. The minimum Gasteiger partial charge on any atom is -0.319 e. The van der Waals surface area contributed by atoms with E-state index < -0.39 is 0 Å². The third-order valence-electron chi connectivity index (χ3n) is 4.21. The lowest BCUT2D eigenvalue weighted by Gasteiger charge is -2.33.